The number of fused-ring (bicyclic) bond motifs is 1. The Balaban J connectivity index is 1.87. The number of nitrogens with one attached hydrogen (secondary N) is 1. The quantitative estimate of drug-likeness (QED) is 0.402. The van der Waals surface area contributed by atoms with Crippen LogP contribution >= 0.6 is 0 Å². The molecule has 3 rings (SSSR count). The molecule has 1 unspecified atom stereocenters. The summed E-state index contributed by atoms with van der Waals surface area (Å²) in [5.74, 6) is -0.859. The van der Waals surface area contributed by atoms with Crippen LogP contribution in [-0.2, 0) is 9.53 Å². The fraction of sp³-hybridized carbons (Fsp3) is 0.385. The number of allylic oxidation sites excluding steroid dienone is 1. The van der Waals surface area contributed by atoms with Gasteiger partial charge in [-0.1, -0.05) is 12.2 Å². The summed E-state index contributed by atoms with van der Waals surface area (Å²) >= 11 is 0. The van der Waals surface area contributed by atoms with Gasteiger partial charge in [0.15, 0.2) is 11.2 Å². The van der Waals surface area contributed by atoms with Crippen molar-refractivity contribution in [3.05, 3.63) is 28.8 Å². The van der Waals surface area contributed by atoms with E-state index in [1.54, 1.807) is 10.6 Å². The summed E-state index contributed by atoms with van der Waals surface area (Å²) < 4.78 is 6.48. The number of nitrogens with two attached hydrogens (primary N) is 1. The number of carbonyl (C=O) groups excluding carboxylic acids is 1. The van der Waals surface area contributed by atoms with Crippen molar-refractivity contribution in [2.24, 2.45) is 5.92 Å². The summed E-state index contributed by atoms with van der Waals surface area (Å²) in [4.78, 5) is 33.2. The van der Waals surface area contributed by atoms with E-state index >= 15 is 0 Å². The van der Waals surface area contributed by atoms with Crippen molar-refractivity contribution in [1.82, 2.24) is 19.5 Å². The van der Waals surface area contributed by atoms with E-state index in [9.17, 15) is 14.7 Å². The lowest BCUT2D eigenvalue weighted by atomic mass is 10.1. The molecule has 2 aromatic heterocycles. The van der Waals surface area contributed by atoms with Gasteiger partial charge < -0.3 is 20.1 Å². The molecule has 2 heterocycles. The first-order valence-electron chi connectivity index (χ1n) is 6.71. The lowest BCUT2D eigenvalue weighted by Gasteiger charge is -2.18. The summed E-state index contributed by atoms with van der Waals surface area (Å²) in [5.41, 5.74) is 5.73. The third-order valence-electron chi connectivity index (χ3n) is 3.56. The first kappa shape index (κ1) is 14.3. The summed E-state index contributed by atoms with van der Waals surface area (Å²) in [6, 6.07) is -0.158. The maximum Gasteiger partial charge on any atom is 0.304 e. The fourth-order valence-electron chi connectivity index (χ4n) is 2.57. The Labute approximate surface area is 124 Å². The van der Waals surface area contributed by atoms with Gasteiger partial charge in [0.1, 0.15) is 0 Å². The number of imidazole rings is 1. The summed E-state index contributed by atoms with van der Waals surface area (Å²) in [5, 5.41) is 9.83. The van der Waals surface area contributed by atoms with E-state index in [0.717, 1.165) is 0 Å². The monoisotopic (exact) mass is 305 g/mol. The van der Waals surface area contributed by atoms with Crippen LogP contribution in [0.5, 0.6) is 0 Å². The summed E-state index contributed by atoms with van der Waals surface area (Å²) in [6.45, 7) is 1.24. The van der Waals surface area contributed by atoms with Gasteiger partial charge in [0.25, 0.3) is 5.56 Å². The molecule has 0 fully saturated rings. The number of hydrogen-bond donors (Lipinski definition) is 3. The van der Waals surface area contributed by atoms with Crippen LogP contribution in [0.2, 0.25) is 0 Å². The molecule has 22 heavy (non-hydrogen) atoms. The van der Waals surface area contributed by atoms with E-state index in [1.807, 2.05) is 6.08 Å². The highest BCUT2D eigenvalue weighted by Gasteiger charge is 2.29. The predicted octanol–water partition coefficient (Wildman–Crippen LogP) is -0.300. The second kappa shape index (κ2) is 5.26. The minimum atomic E-state index is -1.20. The van der Waals surface area contributed by atoms with Crippen molar-refractivity contribution in [1.29, 1.82) is 0 Å². The number of esters is 1. The molecule has 0 saturated heterocycles. The minimum Gasteiger partial charge on any atom is -0.435 e. The Morgan fingerprint density at radius 1 is 1.59 bits per heavy atom. The standard InChI is InChI=1S/C13H15N5O4/c1-6(19)22-12(21)7-2-3-8(4-7)18-5-15-9-10(18)16-13(14)17-11(9)20/h2-3,5,7-8,12,21H,4H2,1H3,(H3,14,16,17,20)/t7-,8-,12?/m0/s1. The van der Waals surface area contributed by atoms with E-state index in [4.69, 9.17) is 10.5 Å². The molecule has 116 valence electrons. The van der Waals surface area contributed by atoms with Gasteiger partial charge in [-0.25, -0.2) is 4.98 Å². The van der Waals surface area contributed by atoms with Crippen LogP contribution in [0.15, 0.2) is 23.3 Å². The van der Waals surface area contributed by atoms with Gasteiger partial charge in [-0.15, -0.1) is 0 Å². The molecule has 1 aliphatic carbocycles. The zero-order valence-corrected chi connectivity index (χ0v) is 11.8. The maximum atomic E-state index is 11.8. The Bertz CT molecular complexity index is 808. The van der Waals surface area contributed by atoms with Gasteiger partial charge >= 0.3 is 5.97 Å². The van der Waals surface area contributed by atoms with Crippen molar-refractivity contribution in [2.75, 3.05) is 5.73 Å². The lowest BCUT2D eigenvalue weighted by Crippen LogP contribution is -2.24. The fourth-order valence-corrected chi connectivity index (χ4v) is 2.57. The van der Waals surface area contributed by atoms with E-state index in [-0.39, 0.29) is 23.4 Å². The number of rotatable bonds is 3. The van der Waals surface area contributed by atoms with Crippen LogP contribution < -0.4 is 11.3 Å². The van der Waals surface area contributed by atoms with Gasteiger partial charge in [0.05, 0.1) is 12.4 Å². The SMILES string of the molecule is CC(=O)OC(O)[C@H]1C=C[C@H](n2cnc3c(=O)[nH]c(N)nc32)C1. The van der Waals surface area contributed by atoms with E-state index in [1.165, 1.54) is 13.3 Å². The molecule has 4 N–H and O–H groups in total. The molecule has 2 aromatic rings. The number of ether oxygens (including phenoxy) is 1. The van der Waals surface area contributed by atoms with Crippen LogP contribution in [0.4, 0.5) is 5.95 Å². The lowest BCUT2D eigenvalue weighted by molar-refractivity contribution is -0.171. The second-order valence-electron chi connectivity index (χ2n) is 5.13. The van der Waals surface area contributed by atoms with Crippen LogP contribution in [0.25, 0.3) is 11.2 Å². The third-order valence-corrected chi connectivity index (χ3v) is 3.56. The first-order valence-corrected chi connectivity index (χ1v) is 6.71. The number of aliphatic hydroxyl groups excluding tert-OH is 1. The van der Waals surface area contributed by atoms with E-state index < -0.39 is 17.8 Å². The Morgan fingerprint density at radius 3 is 3.09 bits per heavy atom. The normalized spacial score (nSPS) is 22.1. The van der Waals surface area contributed by atoms with Crippen LogP contribution in [0.3, 0.4) is 0 Å². The number of aromatic amines is 1. The molecule has 0 amide bonds. The zero-order chi connectivity index (χ0) is 15.9. The molecule has 0 spiro atoms. The number of nitrogens with zero attached hydrogens (tertiary/aromatic N) is 3. The molecular weight excluding hydrogens is 290 g/mol. The molecule has 3 atom stereocenters. The number of aromatic nitrogens is 4. The summed E-state index contributed by atoms with van der Waals surface area (Å²) in [7, 11) is 0. The molecule has 0 aliphatic heterocycles. The Morgan fingerprint density at radius 2 is 2.36 bits per heavy atom. The van der Waals surface area contributed by atoms with Gasteiger partial charge in [0, 0.05) is 12.8 Å². The van der Waals surface area contributed by atoms with Gasteiger partial charge in [-0.05, 0) is 6.42 Å². The topological polar surface area (TPSA) is 136 Å². The molecule has 0 saturated carbocycles. The van der Waals surface area contributed by atoms with Gasteiger partial charge in [-0.3, -0.25) is 14.6 Å². The number of H-pyrrole nitrogens is 1. The highest BCUT2D eigenvalue weighted by molar-refractivity contribution is 5.70. The van der Waals surface area contributed by atoms with Gasteiger partial charge in [0.2, 0.25) is 12.2 Å². The van der Waals surface area contributed by atoms with Gasteiger partial charge in [-0.2, -0.15) is 4.98 Å². The number of hydrogen-bond acceptors (Lipinski definition) is 7. The molecule has 9 nitrogen and oxygen atoms in total. The molecule has 0 bridgehead atoms. The number of anilines is 1. The van der Waals surface area contributed by atoms with Crippen molar-refractivity contribution in [3.8, 4) is 0 Å². The highest BCUT2D eigenvalue weighted by Crippen LogP contribution is 2.31. The molecule has 9 heteroatoms. The molecule has 0 aromatic carbocycles. The van der Waals surface area contributed by atoms with Crippen molar-refractivity contribution in [2.45, 2.75) is 25.7 Å². The van der Waals surface area contributed by atoms with Crippen molar-refractivity contribution >= 4 is 23.1 Å². The third kappa shape index (κ3) is 2.46. The first-order chi connectivity index (χ1) is 10.5. The Hall–Kier alpha value is -2.68. The molecule has 0 radical (unpaired) electrons. The Kier molecular flexibility index (Phi) is 3.41. The van der Waals surface area contributed by atoms with Crippen molar-refractivity contribution in [3.63, 3.8) is 0 Å². The number of carbonyl (C=O) groups is 1. The predicted molar refractivity (Wildman–Crippen MR) is 76.6 cm³/mol. The van der Waals surface area contributed by atoms with E-state index in [0.29, 0.717) is 12.1 Å². The average molecular weight is 305 g/mol. The van der Waals surface area contributed by atoms with Crippen LogP contribution in [0.1, 0.15) is 19.4 Å². The molecular formula is C13H15N5O4. The van der Waals surface area contributed by atoms with Crippen LogP contribution in [0, 0.1) is 5.92 Å². The second-order valence-corrected chi connectivity index (χ2v) is 5.13. The zero-order valence-electron chi connectivity index (χ0n) is 11.8. The minimum absolute atomic E-state index is 0.0118. The number of aliphatic hydroxyl groups is 1. The largest absolute Gasteiger partial charge is 0.435 e. The highest BCUT2D eigenvalue weighted by atomic mass is 16.6. The summed E-state index contributed by atoms with van der Waals surface area (Å²) in [6.07, 6.45) is 4.41. The smallest absolute Gasteiger partial charge is 0.304 e. The number of nitrogen functional groups attached to an aromatic ring is 1. The van der Waals surface area contributed by atoms with E-state index in [2.05, 4.69) is 15.0 Å². The van der Waals surface area contributed by atoms with Crippen molar-refractivity contribution < 1.29 is 14.6 Å². The molecule has 1 aliphatic rings. The maximum absolute atomic E-state index is 11.8. The average Bonchev–Trinajstić information content (AvgIpc) is 3.03. The van der Waals surface area contributed by atoms with Crippen LogP contribution in [-0.4, -0.2) is 36.9 Å².